The summed E-state index contributed by atoms with van der Waals surface area (Å²) in [7, 11) is 0. The van der Waals surface area contributed by atoms with Gasteiger partial charge in [-0.15, -0.1) is 0 Å². The van der Waals surface area contributed by atoms with Crippen molar-refractivity contribution in [3.8, 4) is 33.9 Å². The standard InChI is InChI=1S/C39H25N5O/c45-39-41-37(26-12-4-1-5-13-26)40-38-43(30-16-8-3-9-17-30)35-23-21-28(25-36(35)44(38)39)27-20-22-34-32(24-27)31-18-10-11-19-33(31)42(34)29-14-6-2-7-15-29/h1-25H. The molecule has 0 saturated carbocycles. The fraction of sp³-hybridized carbons (Fsp3) is 0. The summed E-state index contributed by atoms with van der Waals surface area (Å²) in [5.74, 6) is 0.926. The number of benzene rings is 6. The molecule has 0 fully saturated rings. The quantitative estimate of drug-likeness (QED) is 0.210. The lowest BCUT2D eigenvalue weighted by Gasteiger charge is -2.08. The van der Waals surface area contributed by atoms with Gasteiger partial charge in [0.2, 0.25) is 5.78 Å². The van der Waals surface area contributed by atoms with Gasteiger partial charge in [0.15, 0.2) is 5.82 Å². The van der Waals surface area contributed by atoms with Crippen LogP contribution in [-0.2, 0) is 0 Å². The van der Waals surface area contributed by atoms with Crippen LogP contribution in [0.15, 0.2) is 156 Å². The molecule has 9 aromatic rings. The summed E-state index contributed by atoms with van der Waals surface area (Å²) >= 11 is 0. The van der Waals surface area contributed by atoms with E-state index in [9.17, 15) is 4.79 Å². The van der Waals surface area contributed by atoms with Crippen LogP contribution in [0.1, 0.15) is 0 Å². The zero-order chi connectivity index (χ0) is 29.9. The van der Waals surface area contributed by atoms with Crippen molar-refractivity contribution in [3.05, 3.63) is 162 Å². The highest BCUT2D eigenvalue weighted by molar-refractivity contribution is 6.10. The Labute approximate surface area is 257 Å². The van der Waals surface area contributed by atoms with Gasteiger partial charge in [-0.25, -0.2) is 9.20 Å². The third-order valence-electron chi connectivity index (χ3n) is 8.52. The van der Waals surface area contributed by atoms with E-state index in [4.69, 9.17) is 4.98 Å². The Bertz CT molecular complexity index is 2600. The molecule has 0 radical (unpaired) electrons. The average Bonchev–Trinajstić information content (AvgIpc) is 3.62. The van der Waals surface area contributed by atoms with Gasteiger partial charge < -0.3 is 4.57 Å². The van der Waals surface area contributed by atoms with Crippen molar-refractivity contribution in [2.24, 2.45) is 0 Å². The summed E-state index contributed by atoms with van der Waals surface area (Å²) < 4.78 is 5.97. The molecule has 0 aliphatic rings. The molecule has 0 amide bonds. The highest BCUT2D eigenvalue weighted by atomic mass is 16.1. The lowest BCUT2D eigenvalue weighted by atomic mass is 10.0. The van der Waals surface area contributed by atoms with Crippen LogP contribution in [0, 0.1) is 0 Å². The van der Waals surface area contributed by atoms with Crippen molar-refractivity contribution in [1.82, 2.24) is 23.5 Å². The monoisotopic (exact) mass is 579 g/mol. The molecule has 9 rings (SSSR count). The minimum Gasteiger partial charge on any atom is -0.309 e. The summed E-state index contributed by atoms with van der Waals surface area (Å²) in [4.78, 5) is 23.1. The van der Waals surface area contributed by atoms with Gasteiger partial charge in [-0.3, -0.25) is 4.57 Å². The van der Waals surface area contributed by atoms with Crippen molar-refractivity contribution in [3.63, 3.8) is 0 Å². The van der Waals surface area contributed by atoms with Crippen LogP contribution >= 0.6 is 0 Å². The number of hydrogen-bond donors (Lipinski definition) is 0. The van der Waals surface area contributed by atoms with Gasteiger partial charge in [0.25, 0.3) is 0 Å². The van der Waals surface area contributed by atoms with Crippen LogP contribution in [0.3, 0.4) is 0 Å². The zero-order valence-corrected chi connectivity index (χ0v) is 24.1. The second-order valence-corrected chi connectivity index (χ2v) is 11.1. The SMILES string of the molecule is O=c1nc(-c2ccccc2)nc2n(-c3ccccc3)c3ccc(-c4ccc5c(c4)c4ccccc4n5-c4ccccc4)cc3n12. The van der Waals surface area contributed by atoms with Crippen LogP contribution in [0.5, 0.6) is 0 Å². The van der Waals surface area contributed by atoms with Crippen LogP contribution in [0.2, 0.25) is 0 Å². The first-order valence-corrected chi connectivity index (χ1v) is 14.9. The second kappa shape index (κ2) is 9.89. The van der Waals surface area contributed by atoms with E-state index in [2.05, 4.69) is 94.5 Å². The first-order chi connectivity index (χ1) is 22.2. The summed E-state index contributed by atoms with van der Waals surface area (Å²) in [6, 6.07) is 51.5. The second-order valence-electron chi connectivity index (χ2n) is 11.1. The molecule has 3 heterocycles. The molecular weight excluding hydrogens is 554 g/mol. The van der Waals surface area contributed by atoms with Gasteiger partial charge in [0, 0.05) is 27.7 Å². The number of imidazole rings is 1. The highest BCUT2D eigenvalue weighted by Gasteiger charge is 2.19. The molecule has 6 heteroatoms. The number of hydrogen-bond acceptors (Lipinski definition) is 3. The van der Waals surface area contributed by atoms with Gasteiger partial charge in [0.05, 0.1) is 22.1 Å². The molecule has 0 unspecified atom stereocenters. The van der Waals surface area contributed by atoms with Crippen molar-refractivity contribution in [2.75, 3.05) is 0 Å². The van der Waals surface area contributed by atoms with E-state index >= 15 is 0 Å². The molecule has 45 heavy (non-hydrogen) atoms. The molecule has 0 atom stereocenters. The third-order valence-corrected chi connectivity index (χ3v) is 8.52. The summed E-state index contributed by atoms with van der Waals surface area (Å²) in [5, 5.41) is 2.37. The predicted molar refractivity (Wildman–Crippen MR) is 181 cm³/mol. The molecule has 0 bridgehead atoms. The van der Waals surface area contributed by atoms with Crippen LogP contribution in [0.25, 0.3) is 72.5 Å². The molecule has 6 nitrogen and oxygen atoms in total. The van der Waals surface area contributed by atoms with E-state index in [0.29, 0.717) is 11.6 Å². The number of para-hydroxylation sites is 3. The summed E-state index contributed by atoms with van der Waals surface area (Å²) in [6.07, 6.45) is 0. The maximum absolute atomic E-state index is 13.7. The van der Waals surface area contributed by atoms with E-state index in [1.165, 1.54) is 10.8 Å². The maximum Gasteiger partial charge on any atom is 0.357 e. The molecule has 0 saturated heterocycles. The number of nitrogens with zero attached hydrogens (tertiary/aromatic N) is 5. The normalized spacial score (nSPS) is 11.6. The van der Waals surface area contributed by atoms with Crippen LogP contribution in [0.4, 0.5) is 0 Å². The van der Waals surface area contributed by atoms with Gasteiger partial charge >= 0.3 is 5.69 Å². The molecule has 3 aromatic heterocycles. The Morgan fingerprint density at radius 3 is 1.73 bits per heavy atom. The van der Waals surface area contributed by atoms with Gasteiger partial charge in [-0.05, 0) is 65.7 Å². The Morgan fingerprint density at radius 2 is 1.00 bits per heavy atom. The fourth-order valence-electron chi connectivity index (χ4n) is 6.49. The van der Waals surface area contributed by atoms with Crippen molar-refractivity contribution >= 4 is 38.6 Å². The average molecular weight is 580 g/mol. The van der Waals surface area contributed by atoms with E-state index < -0.39 is 0 Å². The first kappa shape index (κ1) is 25.2. The van der Waals surface area contributed by atoms with Crippen molar-refractivity contribution < 1.29 is 0 Å². The summed E-state index contributed by atoms with van der Waals surface area (Å²) in [6.45, 7) is 0. The van der Waals surface area contributed by atoms with E-state index in [0.717, 1.165) is 50.1 Å². The van der Waals surface area contributed by atoms with Gasteiger partial charge in [0.1, 0.15) is 0 Å². The molecule has 0 spiro atoms. The van der Waals surface area contributed by atoms with Gasteiger partial charge in [-0.2, -0.15) is 9.97 Å². The minimum absolute atomic E-state index is 0.364. The van der Waals surface area contributed by atoms with Crippen LogP contribution < -0.4 is 5.69 Å². The number of fused-ring (bicyclic) bond motifs is 6. The largest absolute Gasteiger partial charge is 0.357 e. The molecule has 212 valence electrons. The van der Waals surface area contributed by atoms with E-state index in [1.54, 1.807) is 4.40 Å². The zero-order valence-electron chi connectivity index (χ0n) is 24.1. The number of aromatic nitrogens is 5. The lowest BCUT2D eigenvalue weighted by molar-refractivity contribution is 0.946. The van der Waals surface area contributed by atoms with Crippen molar-refractivity contribution in [2.45, 2.75) is 0 Å². The molecule has 6 aromatic carbocycles. The summed E-state index contributed by atoms with van der Waals surface area (Å²) in [5.41, 5.74) is 8.49. The lowest BCUT2D eigenvalue weighted by Crippen LogP contribution is -2.19. The van der Waals surface area contributed by atoms with E-state index in [-0.39, 0.29) is 5.69 Å². The molecule has 0 N–H and O–H groups in total. The predicted octanol–water partition coefficient (Wildman–Crippen LogP) is 8.46. The maximum atomic E-state index is 13.7. The smallest absolute Gasteiger partial charge is 0.309 e. The highest BCUT2D eigenvalue weighted by Crippen LogP contribution is 2.36. The number of rotatable bonds is 4. The first-order valence-electron chi connectivity index (χ1n) is 14.9. The Hall–Kier alpha value is -6.27. The van der Waals surface area contributed by atoms with Gasteiger partial charge in [-0.1, -0.05) is 97.1 Å². The minimum atomic E-state index is -0.364. The van der Waals surface area contributed by atoms with Crippen molar-refractivity contribution in [1.29, 1.82) is 0 Å². The molecule has 0 aliphatic heterocycles. The molecular formula is C39H25N5O. The topological polar surface area (TPSA) is 57.1 Å². The Balaban J connectivity index is 1.29. The Kier molecular flexibility index (Phi) is 5.55. The Morgan fingerprint density at radius 1 is 0.422 bits per heavy atom. The van der Waals surface area contributed by atoms with Crippen LogP contribution in [-0.4, -0.2) is 23.5 Å². The molecule has 0 aliphatic carbocycles. The van der Waals surface area contributed by atoms with E-state index in [1.807, 2.05) is 71.3 Å². The third kappa shape index (κ3) is 3.93. The fourth-order valence-corrected chi connectivity index (χ4v) is 6.49.